The summed E-state index contributed by atoms with van der Waals surface area (Å²) in [7, 11) is 3.30. The van der Waals surface area contributed by atoms with Gasteiger partial charge >= 0.3 is 0 Å². The van der Waals surface area contributed by atoms with Crippen LogP contribution in [-0.4, -0.2) is 29.6 Å². The summed E-state index contributed by atoms with van der Waals surface area (Å²) < 4.78 is 13.0. The Morgan fingerprint density at radius 3 is 2.57 bits per heavy atom. The third-order valence-electron chi connectivity index (χ3n) is 5.25. The van der Waals surface area contributed by atoms with Crippen molar-refractivity contribution in [3.8, 4) is 22.8 Å². The number of fused-ring (bicyclic) bond motifs is 1. The highest BCUT2D eigenvalue weighted by Crippen LogP contribution is 2.40. The standard InChI is InChI=1S/C21H23Cl2N3O2/c1-27-15-8-9-18(28-2)16(11-15)19-21(24-14-6-4-3-5-7-14)26-12-13(22)10-17(23)20(26)25-19/h8-12,14,24H,3-7H2,1-2H3. The third kappa shape index (κ3) is 3.61. The van der Waals surface area contributed by atoms with Crippen molar-refractivity contribution in [1.29, 1.82) is 0 Å². The van der Waals surface area contributed by atoms with Crippen LogP contribution in [0.5, 0.6) is 11.5 Å². The van der Waals surface area contributed by atoms with Crippen LogP contribution >= 0.6 is 23.2 Å². The highest BCUT2D eigenvalue weighted by molar-refractivity contribution is 6.36. The number of pyridine rings is 1. The van der Waals surface area contributed by atoms with Gasteiger partial charge in [0, 0.05) is 17.8 Å². The molecule has 0 saturated heterocycles. The van der Waals surface area contributed by atoms with Crippen LogP contribution in [0.15, 0.2) is 30.5 Å². The van der Waals surface area contributed by atoms with Crippen molar-refractivity contribution < 1.29 is 9.47 Å². The molecule has 1 fully saturated rings. The van der Waals surface area contributed by atoms with E-state index in [1.165, 1.54) is 19.3 Å². The van der Waals surface area contributed by atoms with E-state index in [1.54, 1.807) is 20.3 Å². The van der Waals surface area contributed by atoms with Crippen molar-refractivity contribution in [3.05, 3.63) is 40.5 Å². The first-order chi connectivity index (χ1) is 13.6. The number of hydrogen-bond acceptors (Lipinski definition) is 4. The third-order valence-corrected chi connectivity index (χ3v) is 5.73. The van der Waals surface area contributed by atoms with Crippen LogP contribution in [0.1, 0.15) is 32.1 Å². The van der Waals surface area contributed by atoms with Gasteiger partial charge in [-0.15, -0.1) is 0 Å². The zero-order valence-electron chi connectivity index (χ0n) is 16.0. The van der Waals surface area contributed by atoms with Crippen LogP contribution in [0.3, 0.4) is 0 Å². The molecule has 0 atom stereocenters. The van der Waals surface area contributed by atoms with Gasteiger partial charge in [-0.25, -0.2) is 4.98 Å². The SMILES string of the molecule is COc1ccc(OC)c(-c2nc3c(Cl)cc(Cl)cn3c2NC2CCCCC2)c1. The fourth-order valence-corrected chi connectivity index (χ4v) is 4.35. The molecule has 3 aromatic rings. The molecule has 4 rings (SSSR count). The van der Waals surface area contributed by atoms with Gasteiger partial charge in [0.15, 0.2) is 5.65 Å². The summed E-state index contributed by atoms with van der Waals surface area (Å²) in [6, 6.07) is 7.79. The maximum atomic E-state index is 6.46. The van der Waals surface area contributed by atoms with E-state index >= 15 is 0 Å². The largest absolute Gasteiger partial charge is 0.497 e. The average Bonchev–Trinajstić information content (AvgIpc) is 3.06. The van der Waals surface area contributed by atoms with Crippen molar-refractivity contribution in [1.82, 2.24) is 9.38 Å². The van der Waals surface area contributed by atoms with Gasteiger partial charge in [-0.3, -0.25) is 4.40 Å². The Morgan fingerprint density at radius 2 is 1.86 bits per heavy atom. The van der Waals surface area contributed by atoms with Crippen molar-refractivity contribution in [2.24, 2.45) is 0 Å². The Morgan fingerprint density at radius 1 is 1.07 bits per heavy atom. The van der Waals surface area contributed by atoms with Gasteiger partial charge in [0.2, 0.25) is 0 Å². The lowest BCUT2D eigenvalue weighted by molar-refractivity contribution is 0.404. The van der Waals surface area contributed by atoms with Gasteiger partial charge in [0.05, 0.1) is 24.3 Å². The Bertz CT molecular complexity index is 997. The number of hydrogen-bond donors (Lipinski definition) is 1. The monoisotopic (exact) mass is 419 g/mol. The van der Waals surface area contributed by atoms with Gasteiger partial charge in [-0.1, -0.05) is 42.5 Å². The van der Waals surface area contributed by atoms with Crippen molar-refractivity contribution in [2.45, 2.75) is 38.1 Å². The molecule has 7 heteroatoms. The number of nitrogens with one attached hydrogen (secondary N) is 1. The fourth-order valence-electron chi connectivity index (χ4n) is 3.84. The molecule has 0 unspecified atom stereocenters. The maximum Gasteiger partial charge on any atom is 0.158 e. The van der Waals surface area contributed by atoms with E-state index in [1.807, 2.05) is 28.8 Å². The summed E-state index contributed by atoms with van der Waals surface area (Å²) in [6.45, 7) is 0. The van der Waals surface area contributed by atoms with Crippen molar-refractivity contribution in [3.63, 3.8) is 0 Å². The number of imidazole rings is 1. The summed E-state index contributed by atoms with van der Waals surface area (Å²) in [6.07, 6.45) is 7.87. The molecule has 0 aliphatic heterocycles. The summed E-state index contributed by atoms with van der Waals surface area (Å²) in [5.41, 5.74) is 2.27. The lowest BCUT2D eigenvalue weighted by Gasteiger charge is -2.24. The summed E-state index contributed by atoms with van der Waals surface area (Å²) >= 11 is 12.8. The molecule has 1 aliphatic carbocycles. The van der Waals surface area contributed by atoms with Crippen LogP contribution in [0.2, 0.25) is 10.0 Å². The fraction of sp³-hybridized carbons (Fsp3) is 0.381. The quantitative estimate of drug-likeness (QED) is 0.544. The number of methoxy groups -OCH3 is 2. The molecular formula is C21H23Cl2N3O2. The normalized spacial score (nSPS) is 15.0. The van der Waals surface area contributed by atoms with E-state index in [2.05, 4.69) is 5.32 Å². The smallest absolute Gasteiger partial charge is 0.158 e. The highest BCUT2D eigenvalue weighted by Gasteiger charge is 2.23. The molecule has 2 heterocycles. The van der Waals surface area contributed by atoms with Gasteiger partial charge in [0.1, 0.15) is 23.0 Å². The Kier molecular flexibility index (Phi) is 5.56. The number of aromatic nitrogens is 2. The van der Waals surface area contributed by atoms with Crippen LogP contribution in [-0.2, 0) is 0 Å². The van der Waals surface area contributed by atoms with E-state index in [0.717, 1.165) is 41.4 Å². The molecule has 2 aromatic heterocycles. The lowest BCUT2D eigenvalue weighted by Crippen LogP contribution is -2.23. The predicted molar refractivity (Wildman–Crippen MR) is 114 cm³/mol. The highest BCUT2D eigenvalue weighted by atomic mass is 35.5. The molecule has 1 saturated carbocycles. The summed E-state index contributed by atoms with van der Waals surface area (Å²) in [4.78, 5) is 4.85. The molecule has 0 spiro atoms. The molecule has 1 aromatic carbocycles. The molecule has 5 nitrogen and oxygen atoms in total. The molecule has 1 N–H and O–H groups in total. The zero-order chi connectivity index (χ0) is 19.7. The first kappa shape index (κ1) is 19.2. The second-order valence-electron chi connectivity index (χ2n) is 7.05. The Balaban J connectivity index is 1.92. The Labute approximate surface area is 174 Å². The van der Waals surface area contributed by atoms with E-state index in [9.17, 15) is 0 Å². The Hall–Kier alpha value is -2.11. The molecule has 148 valence electrons. The minimum atomic E-state index is 0.391. The minimum Gasteiger partial charge on any atom is -0.497 e. The van der Waals surface area contributed by atoms with Crippen LogP contribution in [0, 0.1) is 0 Å². The zero-order valence-corrected chi connectivity index (χ0v) is 17.5. The first-order valence-electron chi connectivity index (χ1n) is 9.46. The maximum absolute atomic E-state index is 6.46. The van der Waals surface area contributed by atoms with E-state index in [-0.39, 0.29) is 0 Å². The molecule has 28 heavy (non-hydrogen) atoms. The van der Waals surface area contributed by atoms with E-state index in [4.69, 9.17) is 37.7 Å². The van der Waals surface area contributed by atoms with Crippen molar-refractivity contribution in [2.75, 3.05) is 19.5 Å². The van der Waals surface area contributed by atoms with Gasteiger partial charge < -0.3 is 14.8 Å². The van der Waals surface area contributed by atoms with Crippen LogP contribution < -0.4 is 14.8 Å². The molecule has 0 amide bonds. The lowest BCUT2D eigenvalue weighted by atomic mass is 9.95. The topological polar surface area (TPSA) is 47.8 Å². The van der Waals surface area contributed by atoms with Crippen molar-refractivity contribution >= 4 is 34.7 Å². The van der Waals surface area contributed by atoms with Gasteiger partial charge in [0.25, 0.3) is 0 Å². The molecular weight excluding hydrogens is 397 g/mol. The summed E-state index contributed by atoms with van der Waals surface area (Å²) in [5.74, 6) is 2.33. The first-order valence-corrected chi connectivity index (χ1v) is 10.2. The van der Waals surface area contributed by atoms with E-state index in [0.29, 0.717) is 21.7 Å². The van der Waals surface area contributed by atoms with Crippen LogP contribution in [0.25, 0.3) is 16.9 Å². The molecule has 1 aliphatic rings. The second-order valence-corrected chi connectivity index (χ2v) is 7.90. The minimum absolute atomic E-state index is 0.391. The number of benzene rings is 1. The molecule has 0 bridgehead atoms. The number of halogens is 2. The number of rotatable bonds is 5. The van der Waals surface area contributed by atoms with Crippen LogP contribution in [0.4, 0.5) is 5.82 Å². The van der Waals surface area contributed by atoms with Gasteiger partial charge in [-0.05, 0) is 37.1 Å². The van der Waals surface area contributed by atoms with Gasteiger partial charge in [-0.2, -0.15) is 0 Å². The average molecular weight is 420 g/mol. The molecule has 0 radical (unpaired) electrons. The second kappa shape index (κ2) is 8.10. The van der Waals surface area contributed by atoms with E-state index < -0.39 is 0 Å². The number of nitrogens with zero attached hydrogens (tertiary/aromatic N) is 2. The number of ether oxygens (including phenoxy) is 2. The summed E-state index contributed by atoms with van der Waals surface area (Å²) in [5, 5.41) is 4.77. The number of anilines is 1. The predicted octanol–water partition coefficient (Wildman–Crippen LogP) is 6.07.